The molecule has 1 atom stereocenters. The molecule has 0 aliphatic carbocycles. The van der Waals surface area contributed by atoms with Crippen molar-refractivity contribution in [3.63, 3.8) is 0 Å². The van der Waals surface area contributed by atoms with Crippen LogP contribution in [0.2, 0.25) is 5.02 Å². The summed E-state index contributed by atoms with van der Waals surface area (Å²) in [5.74, 6) is -0.199. The van der Waals surface area contributed by atoms with Crippen LogP contribution in [0.4, 0.5) is 5.69 Å². The molecule has 20 heavy (non-hydrogen) atoms. The number of hydrogen-bond acceptors (Lipinski definition) is 3. The third kappa shape index (κ3) is 3.37. The second-order valence-corrected chi connectivity index (χ2v) is 4.91. The Morgan fingerprint density at radius 3 is 2.95 bits per heavy atom. The van der Waals surface area contributed by atoms with Gasteiger partial charge in [-0.3, -0.25) is 4.79 Å². The summed E-state index contributed by atoms with van der Waals surface area (Å²) >= 11 is 6.20. The van der Waals surface area contributed by atoms with Crippen molar-refractivity contribution >= 4 is 23.2 Å². The lowest BCUT2D eigenvalue weighted by Crippen LogP contribution is -2.35. The van der Waals surface area contributed by atoms with Crippen LogP contribution in [0, 0.1) is 0 Å². The molecule has 0 spiro atoms. The highest BCUT2D eigenvalue weighted by molar-refractivity contribution is 6.32. The Hall–Kier alpha value is -1.85. The van der Waals surface area contributed by atoms with E-state index in [0.29, 0.717) is 17.1 Å². The van der Waals surface area contributed by atoms with Gasteiger partial charge in [0.1, 0.15) is 0 Å². The highest BCUT2D eigenvalue weighted by Crippen LogP contribution is 2.23. The first-order valence-electron chi connectivity index (χ1n) is 6.48. The van der Waals surface area contributed by atoms with Crippen LogP contribution in [0.25, 0.3) is 5.69 Å². The minimum atomic E-state index is -0.496. The molecule has 1 aromatic carbocycles. The molecule has 0 radical (unpaired) electrons. The standard InChI is InChI=1S/C14H17ClN4O/c1-2-4-12(16)14(20)18-10-5-6-13(11(15)9-10)19-8-3-7-17-19/h3,5-9,12H,2,4,16H2,1H3,(H,18,20). The predicted octanol–water partition coefficient (Wildman–Crippen LogP) is 2.59. The molecule has 1 unspecified atom stereocenters. The van der Waals surface area contributed by atoms with Gasteiger partial charge >= 0.3 is 0 Å². The fourth-order valence-corrected chi connectivity index (χ4v) is 2.13. The van der Waals surface area contributed by atoms with Gasteiger partial charge in [-0.2, -0.15) is 5.10 Å². The number of benzene rings is 1. The van der Waals surface area contributed by atoms with Gasteiger partial charge in [0, 0.05) is 18.1 Å². The lowest BCUT2D eigenvalue weighted by Gasteiger charge is -2.12. The summed E-state index contributed by atoms with van der Waals surface area (Å²) in [5, 5.41) is 7.39. The van der Waals surface area contributed by atoms with Crippen LogP contribution in [-0.2, 0) is 4.79 Å². The van der Waals surface area contributed by atoms with Gasteiger partial charge in [0.05, 0.1) is 16.8 Å². The molecule has 0 fully saturated rings. The van der Waals surface area contributed by atoms with E-state index in [9.17, 15) is 4.79 Å². The van der Waals surface area contributed by atoms with Gasteiger partial charge in [-0.05, 0) is 30.7 Å². The number of carbonyl (C=O) groups excluding carboxylic acids is 1. The van der Waals surface area contributed by atoms with Crippen LogP contribution in [0.3, 0.4) is 0 Å². The zero-order valence-corrected chi connectivity index (χ0v) is 12.0. The minimum Gasteiger partial charge on any atom is -0.325 e. The molecule has 1 aromatic heterocycles. The maximum Gasteiger partial charge on any atom is 0.241 e. The number of nitrogens with zero attached hydrogens (tertiary/aromatic N) is 2. The van der Waals surface area contributed by atoms with Crippen LogP contribution in [0.5, 0.6) is 0 Å². The summed E-state index contributed by atoms with van der Waals surface area (Å²) in [6.07, 6.45) is 5.00. The van der Waals surface area contributed by atoms with Crippen molar-refractivity contribution in [2.75, 3.05) is 5.32 Å². The summed E-state index contributed by atoms with van der Waals surface area (Å²) in [6.45, 7) is 1.99. The number of carbonyl (C=O) groups is 1. The van der Waals surface area contributed by atoms with E-state index >= 15 is 0 Å². The Kier molecular flexibility index (Phi) is 4.76. The number of nitrogens with two attached hydrogens (primary N) is 1. The monoisotopic (exact) mass is 292 g/mol. The fourth-order valence-electron chi connectivity index (χ4n) is 1.86. The fraction of sp³-hybridized carbons (Fsp3) is 0.286. The van der Waals surface area contributed by atoms with Gasteiger partial charge in [0.15, 0.2) is 0 Å². The maximum absolute atomic E-state index is 11.8. The predicted molar refractivity (Wildman–Crippen MR) is 80.1 cm³/mol. The lowest BCUT2D eigenvalue weighted by molar-refractivity contribution is -0.117. The molecule has 106 valence electrons. The summed E-state index contributed by atoms with van der Waals surface area (Å²) in [6, 6.07) is 6.59. The van der Waals surface area contributed by atoms with Gasteiger partial charge in [-0.1, -0.05) is 24.9 Å². The number of amides is 1. The molecule has 1 amide bonds. The van der Waals surface area contributed by atoms with E-state index in [1.165, 1.54) is 0 Å². The van der Waals surface area contributed by atoms with E-state index in [1.54, 1.807) is 35.3 Å². The van der Waals surface area contributed by atoms with Gasteiger partial charge in [-0.15, -0.1) is 0 Å². The zero-order valence-electron chi connectivity index (χ0n) is 11.2. The van der Waals surface area contributed by atoms with Crippen molar-refractivity contribution in [3.05, 3.63) is 41.7 Å². The van der Waals surface area contributed by atoms with Crippen molar-refractivity contribution in [2.45, 2.75) is 25.8 Å². The first-order chi connectivity index (χ1) is 9.61. The largest absolute Gasteiger partial charge is 0.325 e. The second kappa shape index (κ2) is 6.54. The van der Waals surface area contributed by atoms with Gasteiger partial charge in [-0.25, -0.2) is 4.68 Å². The van der Waals surface area contributed by atoms with Crippen molar-refractivity contribution in [1.29, 1.82) is 0 Å². The molecule has 0 saturated heterocycles. The Morgan fingerprint density at radius 2 is 2.35 bits per heavy atom. The zero-order chi connectivity index (χ0) is 14.5. The molecule has 0 aliphatic rings. The van der Waals surface area contributed by atoms with Crippen molar-refractivity contribution < 1.29 is 4.79 Å². The van der Waals surface area contributed by atoms with Gasteiger partial charge in [0.25, 0.3) is 0 Å². The topological polar surface area (TPSA) is 72.9 Å². The Balaban J connectivity index is 2.12. The van der Waals surface area contributed by atoms with Gasteiger partial charge in [0.2, 0.25) is 5.91 Å². The first kappa shape index (κ1) is 14.6. The smallest absolute Gasteiger partial charge is 0.241 e. The first-order valence-corrected chi connectivity index (χ1v) is 6.85. The van der Waals surface area contributed by atoms with E-state index in [0.717, 1.165) is 12.1 Å². The number of anilines is 1. The molecule has 2 aromatic rings. The number of nitrogens with one attached hydrogen (secondary N) is 1. The Labute approximate surface area is 122 Å². The van der Waals surface area contributed by atoms with Crippen LogP contribution in [0.15, 0.2) is 36.7 Å². The second-order valence-electron chi connectivity index (χ2n) is 4.50. The van der Waals surface area contributed by atoms with Crippen molar-refractivity contribution in [1.82, 2.24) is 9.78 Å². The molecule has 3 N–H and O–H groups in total. The van der Waals surface area contributed by atoms with Crippen molar-refractivity contribution in [2.24, 2.45) is 5.73 Å². The van der Waals surface area contributed by atoms with Gasteiger partial charge < -0.3 is 11.1 Å². The molecule has 1 heterocycles. The van der Waals surface area contributed by atoms with Crippen molar-refractivity contribution in [3.8, 4) is 5.69 Å². The number of hydrogen-bond donors (Lipinski definition) is 2. The number of aromatic nitrogens is 2. The highest BCUT2D eigenvalue weighted by atomic mass is 35.5. The van der Waals surface area contributed by atoms with E-state index in [4.69, 9.17) is 17.3 Å². The molecule has 0 saturated carbocycles. The van der Waals surface area contributed by atoms with Crippen LogP contribution in [0.1, 0.15) is 19.8 Å². The Morgan fingerprint density at radius 1 is 1.55 bits per heavy atom. The summed E-state index contributed by atoms with van der Waals surface area (Å²) in [4.78, 5) is 11.8. The number of rotatable bonds is 5. The molecule has 5 nitrogen and oxygen atoms in total. The Bertz CT molecular complexity index is 583. The quantitative estimate of drug-likeness (QED) is 0.889. The van der Waals surface area contributed by atoms with E-state index < -0.39 is 6.04 Å². The molecule has 0 bridgehead atoms. The van der Waals surface area contributed by atoms with Crippen LogP contribution >= 0.6 is 11.6 Å². The van der Waals surface area contributed by atoms with E-state index in [1.807, 2.05) is 13.0 Å². The molecule has 0 aliphatic heterocycles. The average Bonchev–Trinajstić information content (AvgIpc) is 2.93. The average molecular weight is 293 g/mol. The highest BCUT2D eigenvalue weighted by Gasteiger charge is 2.13. The van der Waals surface area contributed by atoms with Crippen LogP contribution < -0.4 is 11.1 Å². The lowest BCUT2D eigenvalue weighted by atomic mass is 10.1. The normalized spacial score (nSPS) is 12.2. The molecular formula is C14H17ClN4O. The number of halogens is 1. The summed E-state index contributed by atoms with van der Waals surface area (Å²) < 4.78 is 1.66. The third-order valence-electron chi connectivity index (χ3n) is 2.90. The van der Waals surface area contributed by atoms with Crippen LogP contribution in [-0.4, -0.2) is 21.7 Å². The minimum absolute atomic E-state index is 0.199. The van der Waals surface area contributed by atoms with E-state index in [-0.39, 0.29) is 5.91 Å². The summed E-state index contributed by atoms with van der Waals surface area (Å²) in [5.41, 5.74) is 7.15. The summed E-state index contributed by atoms with van der Waals surface area (Å²) in [7, 11) is 0. The molecule has 6 heteroatoms. The third-order valence-corrected chi connectivity index (χ3v) is 3.21. The molecular weight excluding hydrogens is 276 g/mol. The maximum atomic E-state index is 11.8. The molecule has 2 rings (SSSR count). The van der Waals surface area contributed by atoms with E-state index in [2.05, 4.69) is 10.4 Å². The SMILES string of the molecule is CCCC(N)C(=O)Nc1ccc(-n2cccn2)c(Cl)c1.